The molecule has 1 rings (SSSR count). The molecule has 0 heterocycles. The van der Waals surface area contributed by atoms with Crippen molar-refractivity contribution < 1.29 is 4.74 Å². The Hall–Kier alpha value is -0.0800. The molecule has 2 nitrogen and oxygen atoms in total. The van der Waals surface area contributed by atoms with Crippen LogP contribution in [0, 0.1) is 5.92 Å². The van der Waals surface area contributed by atoms with Gasteiger partial charge in [-0.2, -0.15) is 0 Å². The number of rotatable bonds is 7. The molecule has 1 aliphatic carbocycles. The van der Waals surface area contributed by atoms with Crippen LogP contribution in [0.5, 0.6) is 0 Å². The third kappa shape index (κ3) is 4.43. The molecule has 1 atom stereocenters. The van der Waals surface area contributed by atoms with Gasteiger partial charge in [-0.05, 0) is 45.6 Å². The van der Waals surface area contributed by atoms with Crippen molar-refractivity contribution in [3.8, 4) is 0 Å². The molecule has 0 aromatic heterocycles. The van der Waals surface area contributed by atoms with Gasteiger partial charge in [0.1, 0.15) is 0 Å². The summed E-state index contributed by atoms with van der Waals surface area (Å²) in [6.45, 7) is 7.24. The van der Waals surface area contributed by atoms with Crippen molar-refractivity contribution in [1.82, 2.24) is 5.32 Å². The van der Waals surface area contributed by atoms with Gasteiger partial charge in [0.25, 0.3) is 0 Å². The van der Waals surface area contributed by atoms with E-state index in [4.69, 9.17) is 4.74 Å². The summed E-state index contributed by atoms with van der Waals surface area (Å²) >= 11 is 0. The first-order chi connectivity index (χ1) is 6.84. The Morgan fingerprint density at radius 3 is 2.71 bits per heavy atom. The van der Waals surface area contributed by atoms with E-state index < -0.39 is 0 Å². The fourth-order valence-corrected chi connectivity index (χ4v) is 2.27. The van der Waals surface area contributed by atoms with E-state index in [-0.39, 0.29) is 0 Å². The predicted octanol–water partition coefficient (Wildman–Crippen LogP) is 2.58. The lowest BCUT2D eigenvalue weighted by atomic mass is 10.00. The number of hydrogen-bond acceptors (Lipinski definition) is 2. The Kier molecular flexibility index (Phi) is 6.20. The summed E-state index contributed by atoms with van der Waals surface area (Å²) < 4.78 is 5.30. The Morgan fingerprint density at radius 2 is 2.07 bits per heavy atom. The highest BCUT2D eigenvalue weighted by Gasteiger charge is 2.20. The third-order valence-electron chi connectivity index (χ3n) is 3.24. The highest BCUT2D eigenvalue weighted by Crippen LogP contribution is 2.27. The maximum absolute atomic E-state index is 5.30. The van der Waals surface area contributed by atoms with Crippen LogP contribution in [0.4, 0.5) is 0 Å². The lowest BCUT2D eigenvalue weighted by molar-refractivity contribution is 0.143. The maximum Gasteiger partial charge on any atom is 0.0477 e. The van der Waals surface area contributed by atoms with Crippen molar-refractivity contribution in [1.29, 1.82) is 0 Å². The molecule has 1 saturated carbocycles. The molecule has 0 radical (unpaired) electrons. The highest BCUT2D eigenvalue weighted by atomic mass is 16.5. The van der Waals surface area contributed by atoms with Crippen molar-refractivity contribution in [2.24, 2.45) is 5.92 Å². The summed E-state index contributed by atoms with van der Waals surface area (Å²) in [4.78, 5) is 0. The van der Waals surface area contributed by atoms with Gasteiger partial charge in [-0.3, -0.25) is 0 Å². The minimum Gasteiger partial charge on any atom is -0.382 e. The SMILES string of the molecule is CCOCCCN[C@@H](C)C1CCCC1. The molecule has 14 heavy (non-hydrogen) atoms. The summed E-state index contributed by atoms with van der Waals surface area (Å²) in [7, 11) is 0. The van der Waals surface area contributed by atoms with Crippen molar-refractivity contribution >= 4 is 0 Å². The normalized spacial score (nSPS) is 20.1. The average Bonchev–Trinajstić information content (AvgIpc) is 2.70. The van der Waals surface area contributed by atoms with E-state index in [0.717, 1.165) is 32.1 Å². The standard InChI is InChI=1S/C12H25NO/c1-3-14-10-6-9-13-11(2)12-7-4-5-8-12/h11-13H,3-10H2,1-2H3/t11-/m0/s1. The summed E-state index contributed by atoms with van der Waals surface area (Å²) in [5, 5.41) is 3.60. The zero-order valence-electron chi connectivity index (χ0n) is 9.72. The first-order valence-corrected chi connectivity index (χ1v) is 6.15. The average molecular weight is 199 g/mol. The molecular formula is C12H25NO. The van der Waals surface area contributed by atoms with Crippen LogP contribution < -0.4 is 5.32 Å². The number of hydrogen-bond donors (Lipinski definition) is 1. The minimum atomic E-state index is 0.708. The van der Waals surface area contributed by atoms with Gasteiger partial charge in [0, 0.05) is 19.3 Å². The fourth-order valence-electron chi connectivity index (χ4n) is 2.27. The number of nitrogens with one attached hydrogen (secondary N) is 1. The van der Waals surface area contributed by atoms with Crippen LogP contribution in [-0.2, 0) is 4.74 Å². The molecule has 0 spiro atoms. The summed E-state index contributed by atoms with van der Waals surface area (Å²) in [5.41, 5.74) is 0. The zero-order valence-corrected chi connectivity index (χ0v) is 9.72. The fraction of sp³-hybridized carbons (Fsp3) is 1.00. The van der Waals surface area contributed by atoms with Gasteiger partial charge >= 0.3 is 0 Å². The van der Waals surface area contributed by atoms with Crippen molar-refractivity contribution in [2.75, 3.05) is 19.8 Å². The molecule has 0 amide bonds. The molecule has 1 N–H and O–H groups in total. The second-order valence-electron chi connectivity index (χ2n) is 4.34. The van der Waals surface area contributed by atoms with Gasteiger partial charge in [0.05, 0.1) is 0 Å². The molecule has 0 aromatic rings. The van der Waals surface area contributed by atoms with Gasteiger partial charge in [0.15, 0.2) is 0 Å². The largest absolute Gasteiger partial charge is 0.382 e. The Morgan fingerprint density at radius 1 is 1.36 bits per heavy atom. The smallest absolute Gasteiger partial charge is 0.0477 e. The van der Waals surface area contributed by atoms with Crippen LogP contribution in [-0.4, -0.2) is 25.8 Å². The molecule has 0 unspecified atom stereocenters. The van der Waals surface area contributed by atoms with Gasteiger partial charge in [-0.25, -0.2) is 0 Å². The van der Waals surface area contributed by atoms with E-state index in [2.05, 4.69) is 19.2 Å². The van der Waals surface area contributed by atoms with Crippen LogP contribution in [0.1, 0.15) is 46.0 Å². The Balaban J connectivity index is 1.94. The molecule has 0 aliphatic heterocycles. The molecule has 1 aliphatic rings. The minimum absolute atomic E-state index is 0.708. The van der Waals surface area contributed by atoms with E-state index in [1.165, 1.54) is 25.7 Å². The third-order valence-corrected chi connectivity index (χ3v) is 3.24. The van der Waals surface area contributed by atoms with E-state index in [0.29, 0.717) is 6.04 Å². The zero-order chi connectivity index (χ0) is 10.2. The first-order valence-electron chi connectivity index (χ1n) is 6.15. The predicted molar refractivity (Wildman–Crippen MR) is 60.5 cm³/mol. The van der Waals surface area contributed by atoms with Gasteiger partial charge in [-0.15, -0.1) is 0 Å². The molecule has 2 heteroatoms. The van der Waals surface area contributed by atoms with E-state index in [1.54, 1.807) is 0 Å². The van der Waals surface area contributed by atoms with Crippen LogP contribution in [0.3, 0.4) is 0 Å². The summed E-state index contributed by atoms with van der Waals surface area (Å²) in [6, 6.07) is 0.708. The second kappa shape index (κ2) is 7.24. The van der Waals surface area contributed by atoms with Gasteiger partial charge in [0.2, 0.25) is 0 Å². The summed E-state index contributed by atoms with van der Waals surface area (Å²) in [5.74, 6) is 0.932. The van der Waals surface area contributed by atoms with E-state index in [1.807, 2.05) is 0 Å². The van der Waals surface area contributed by atoms with Crippen molar-refractivity contribution in [2.45, 2.75) is 52.0 Å². The Labute approximate surface area is 88.4 Å². The van der Waals surface area contributed by atoms with Crippen molar-refractivity contribution in [3.63, 3.8) is 0 Å². The topological polar surface area (TPSA) is 21.3 Å². The molecule has 84 valence electrons. The lowest BCUT2D eigenvalue weighted by Crippen LogP contribution is -2.33. The van der Waals surface area contributed by atoms with Crippen LogP contribution in [0.15, 0.2) is 0 Å². The van der Waals surface area contributed by atoms with E-state index in [9.17, 15) is 0 Å². The molecule has 0 aromatic carbocycles. The first kappa shape index (κ1) is 12.0. The Bertz CT molecular complexity index is 132. The summed E-state index contributed by atoms with van der Waals surface area (Å²) in [6.07, 6.45) is 6.88. The molecular weight excluding hydrogens is 174 g/mol. The molecule has 0 bridgehead atoms. The number of ether oxygens (including phenoxy) is 1. The van der Waals surface area contributed by atoms with Gasteiger partial charge < -0.3 is 10.1 Å². The molecule has 0 saturated heterocycles. The molecule has 1 fully saturated rings. The maximum atomic E-state index is 5.30. The monoisotopic (exact) mass is 199 g/mol. The van der Waals surface area contributed by atoms with Crippen LogP contribution >= 0.6 is 0 Å². The lowest BCUT2D eigenvalue weighted by Gasteiger charge is -2.20. The van der Waals surface area contributed by atoms with Gasteiger partial charge in [-0.1, -0.05) is 12.8 Å². The highest BCUT2D eigenvalue weighted by molar-refractivity contribution is 4.76. The van der Waals surface area contributed by atoms with Crippen molar-refractivity contribution in [3.05, 3.63) is 0 Å². The van der Waals surface area contributed by atoms with E-state index >= 15 is 0 Å². The second-order valence-corrected chi connectivity index (χ2v) is 4.34. The van der Waals surface area contributed by atoms with Crippen LogP contribution in [0.2, 0.25) is 0 Å². The quantitative estimate of drug-likeness (QED) is 0.636. The van der Waals surface area contributed by atoms with Crippen LogP contribution in [0.25, 0.3) is 0 Å².